The van der Waals surface area contributed by atoms with E-state index in [2.05, 4.69) is 24.9 Å². The van der Waals surface area contributed by atoms with Gasteiger partial charge in [-0.3, -0.25) is 19.3 Å². The summed E-state index contributed by atoms with van der Waals surface area (Å²) in [6.45, 7) is 23.0. The lowest BCUT2D eigenvalue weighted by Gasteiger charge is -2.32. The van der Waals surface area contributed by atoms with Crippen molar-refractivity contribution in [3.05, 3.63) is 101 Å². The first-order valence-corrected chi connectivity index (χ1v) is 14.9. The molecular weight excluding hydrogens is 599 g/mol. The van der Waals surface area contributed by atoms with Gasteiger partial charge < -0.3 is 9.31 Å². The minimum atomic E-state index is -0.497. The summed E-state index contributed by atoms with van der Waals surface area (Å²) < 4.78 is 15.8. The van der Waals surface area contributed by atoms with E-state index < -0.39 is 18.3 Å². The number of aryl methyl sites for hydroxylation is 2. The molecule has 1 fully saturated rings. The fourth-order valence-corrected chi connectivity index (χ4v) is 5.44. The fourth-order valence-electron chi connectivity index (χ4n) is 5.21. The van der Waals surface area contributed by atoms with Gasteiger partial charge in [-0.15, -0.1) is 0 Å². The number of benzene rings is 2. The molecule has 4 aromatic heterocycles. The summed E-state index contributed by atoms with van der Waals surface area (Å²) in [7, 11) is 3.18. The van der Waals surface area contributed by atoms with Crippen molar-refractivity contribution in [3.8, 4) is 22.5 Å². The molecular formula is C34H30BClN8O2. The van der Waals surface area contributed by atoms with Crippen LogP contribution in [0.4, 0.5) is 11.4 Å². The van der Waals surface area contributed by atoms with Crippen LogP contribution in [0.1, 0.15) is 27.7 Å². The third-order valence-corrected chi connectivity index (χ3v) is 8.69. The Labute approximate surface area is 272 Å². The summed E-state index contributed by atoms with van der Waals surface area (Å²) in [4.78, 5) is 16.5. The van der Waals surface area contributed by atoms with E-state index in [4.69, 9.17) is 39.0 Å². The zero-order chi connectivity index (χ0) is 32.8. The van der Waals surface area contributed by atoms with Crippen LogP contribution < -0.4 is 5.46 Å². The molecule has 0 amide bonds. The second kappa shape index (κ2) is 11.7. The maximum atomic E-state index is 7.62. The maximum Gasteiger partial charge on any atom is 0.495 e. The predicted molar refractivity (Wildman–Crippen MR) is 181 cm³/mol. The molecule has 1 aliphatic heterocycles. The van der Waals surface area contributed by atoms with Gasteiger partial charge in [-0.2, -0.15) is 10.2 Å². The van der Waals surface area contributed by atoms with Crippen LogP contribution in [0, 0.1) is 13.1 Å². The number of hydrogen-bond acceptors (Lipinski definition) is 6. The Morgan fingerprint density at radius 2 is 1.22 bits per heavy atom. The predicted octanol–water partition coefficient (Wildman–Crippen LogP) is 7.32. The van der Waals surface area contributed by atoms with Crippen LogP contribution in [0.5, 0.6) is 0 Å². The van der Waals surface area contributed by atoms with E-state index in [1.807, 2.05) is 90.6 Å². The van der Waals surface area contributed by atoms with Crippen molar-refractivity contribution in [1.82, 2.24) is 29.5 Å². The van der Waals surface area contributed by atoms with Crippen molar-refractivity contribution in [1.29, 1.82) is 0 Å². The minimum absolute atomic E-state index is 0.425. The topological polar surface area (TPSA) is 88.6 Å². The molecule has 0 unspecified atom stereocenters. The average molecular weight is 629 g/mol. The molecule has 0 atom stereocenters. The van der Waals surface area contributed by atoms with Gasteiger partial charge in [-0.25, -0.2) is 9.69 Å². The molecule has 46 heavy (non-hydrogen) atoms. The van der Waals surface area contributed by atoms with E-state index in [9.17, 15) is 0 Å². The molecule has 0 radical (unpaired) electrons. The van der Waals surface area contributed by atoms with Gasteiger partial charge in [0.1, 0.15) is 0 Å². The molecule has 7 rings (SSSR count). The minimum Gasteiger partial charge on any atom is -0.399 e. The first-order valence-electron chi connectivity index (χ1n) is 14.5. The van der Waals surface area contributed by atoms with Crippen molar-refractivity contribution in [3.63, 3.8) is 0 Å². The molecule has 0 N–H and O–H groups in total. The number of aromatic nitrogens is 6. The second-order valence-corrected chi connectivity index (χ2v) is 12.5. The van der Waals surface area contributed by atoms with E-state index in [0.717, 1.165) is 38.4 Å². The Bertz CT molecular complexity index is 2190. The molecule has 1 saturated heterocycles. The number of rotatable bonds is 3. The Balaban J connectivity index is 0.000000172. The molecule has 0 aliphatic carbocycles. The lowest BCUT2D eigenvalue weighted by atomic mass is 9.76. The van der Waals surface area contributed by atoms with Crippen molar-refractivity contribution in [2.24, 2.45) is 14.1 Å². The third kappa shape index (κ3) is 5.61. The first kappa shape index (κ1) is 30.9. The van der Waals surface area contributed by atoms with Crippen LogP contribution >= 0.6 is 11.6 Å². The second-order valence-electron chi connectivity index (χ2n) is 12.0. The molecule has 2 aromatic carbocycles. The zero-order valence-electron chi connectivity index (χ0n) is 26.3. The molecule has 12 heteroatoms. The number of nitrogens with zero attached hydrogens (tertiary/aromatic N) is 8. The molecule has 0 saturated carbocycles. The maximum absolute atomic E-state index is 7.62. The number of fused-ring (bicyclic) bond motifs is 2. The largest absolute Gasteiger partial charge is 0.495 e. The Morgan fingerprint density at radius 1 is 0.739 bits per heavy atom. The smallest absolute Gasteiger partial charge is 0.399 e. The molecule has 6 aromatic rings. The van der Waals surface area contributed by atoms with Crippen LogP contribution in [-0.4, -0.2) is 47.8 Å². The van der Waals surface area contributed by atoms with E-state index in [1.54, 1.807) is 33.9 Å². The Hall–Kier alpha value is -5.07. The summed E-state index contributed by atoms with van der Waals surface area (Å²) in [5.41, 5.74) is 5.51. The van der Waals surface area contributed by atoms with Gasteiger partial charge in [-0.1, -0.05) is 29.8 Å². The number of halogens is 1. The molecule has 228 valence electrons. The van der Waals surface area contributed by atoms with Gasteiger partial charge in [-0.05, 0) is 68.9 Å². The van der Waals surface area contributed by atoms with Gasteiger partial charge in [0, 0.05) is 48.0 Å². The lowest BCUT2D eigenvalue weighted by Crippen LogP contribution is -2.41. The van der Waals surface area contributed by atoms with Gasteiger partial charge in [0.2, 0.25) is 11.4 Å². The summed E-state index contributed by atoms with van der Waals surface area (Å²) in [5, 5.41) is 10.6. The van der Waals surface area contributed by atoms with Crippen LogP contribution in [0.3, 0.4) is 0 Å². The third-order valence-electron chi connectivity index (χ3n) is 8.36. The summed E-state index contributed by atoms with van der Waals surface area (Å²) in [6.07, 6.45) is 7.13. The summed E-state index contributed by atoms with van der Waals surface area (Å²) >= 11 is 6.13. The van der Waals surface area contributed by atoms with Crippen LogP contribution in [0.2, 0.25) is 5.02 Å². The van der Waals surface area contributed by atoms with E-state index in [1.165, 1.54) is 0 Å². The highest BCUT2D eigenvalue weighted by Gasteiger charge is 2.52. The normalized spacial score (nSPS) is 14.9. The number of hydrogen-bond donors (Lipinski definition) is 0. The Kier molecular flexibility index (Phi) is 7.87. The van der Waals surface area contributed by atoms with Gasteiger partial charge >= 0.3 is 7.12 Å². The van der Waals surface area contributed by atoms with Crippen LogP contribution in [-0.2, 0) is 23.4 Å². The van der Waals surface area contributed by atoms with Gasteiger partial charge in [0.25, 0.3) is 0 Å². The van der Waals surface area contributed by atoms with Crippen LogP contribution in [0.25, 0.3) is 54.0 Å². The van der Waals surface area contributed by atoms with E-state index in [0.29, 0.717) is 27.8 Å². The highest BCUT2D eigenvalue weighted by molar-refractivity contribution is 6.65. The standard InChI is InChI=1S/C20H21BN4O2.C14H9ClN4/c1-19(2)20(3,4)27-21(26-19)15-8-7-9-16-14(15)10-17(22-5)18(24-16)13-11-23-25(6)12-13;1-16-13-6-10-11(15)4-3-5-12(10)18-14(13)9-7-17-19(2)8-9/h7-12H,1-4,6H3;3-8H,2H3. The van der Waals surface area contributed by atoms with E-state index in [-0.39, 0.29) is 0 Å². The Morgan fingerprint density at radius 3 is 1.70 bits per heavy atom. The van der Waals surface area contributed by atoms with Gasteiger partial charge in [0.15, 0.2) is 0 Å². The molecule has 5 heterocycles. The quantitative estimate of drug-likeness (QED) is 0.151. The lowest BCUT2D eigenvalue weighted by molar-refractivity contribution is 0.00578. The van der Waals surface area contributed by atoms with Gasteiger partial charge in [0.05, 0.1) is 59.2 Å². The highest BCUT2D eigenvalue weighted by atomic mass is 35.5. The molecule has 0 bridgehead atoms. The summed E-state index contributed by atoms with van der Waals surface area (Å²) in [5.74, 6) is 0. The molecule has 10 nitrogen and oxygen atoms in total. The first-order chi connectivity index (χ1) is 21.9. The SMILES string of the molecule is [C-]#[N+]c1cc2c(B3OC(C)(C)C(C)(C)O3)cccc2nc1-c1cnn(C)c1.[C-]#[N+]c1cc2c(Cl)cccc2nc1-c1cnn(C)c1. The molecule has 0 spiro atoms. The molecule has 1 aliphatic rings. The highest BCUT2D eigenvalue weighted by Crippen LogP contribution is 2.38. The van der Waals surface area contributed by atoms with Crippen molar-refractivity contribution < 1.29 is 9.31 Å². The van der Waals surface area contributed by atoms with E-state index >= 15 is 0 Å². The zero-order valence-corrected chi connectivity index (χ0v) is 27.0. The average Bonchev–Trinajstić information content (AvgIpc) is 3.72. The monoisotopic (exact) mass is 628 g/mol. The van der Waals surface area contributed by atoms with Crippen molar-refractivity contribution >= 4 is 57.4 Å². The van der Waals surface area contributed by atoms with Crippen LogP contribution in [0.15, 0.2) is 73.3 Å². The fraction of sp³-hybridized carbons (Fsp3) is 0.235. The van der Waals surface area contributed by atoms with Crippen molar-refractivity contribution in [2.45, 2.75) is 38.9 Å². The van der Waals surface area contributed by atoms with Crippen molar-refractivity contribution in [2.75, 3.05) is 0 Å². The number of pyridine rings is 2. The summed E-state index contributed by atoms with van der Waals surface area (Å²) in [6, 6.07) is 15.0.